The summed E-state index contributed by atoms with van der Waals surface area (Å²) in [5.41, 5.74) is 5.33. The van der Waals surface area contributed by atoms with Gasteiger partial charge in [0.15, 0.2) is 14.6 Å². The Morgan fingerprint density at radius 3 is 2.12 bits per heavy atom. The first-order valence-corrected chi connectivity index (χ1v) is 12.3. The lowest BCUT2D eigenvalue weighted by Gasteiger charge is -2.26. The summed E-state index contributed by atoms with van der Waals surface area (Å²) in [6, 6.07) is 17.9. The first-order valence-electron chi connectivity index (χ1n) is 10.4. The second-order valence-electron chi connectivity index (χ2n) is 9.01. The van der Waals surface area contributed by atoms with Crippen LogP contribution < -0.4 is 5.48 Å². The Labute approximate surface area is 193 Å². The lowest BCUT2D eigenvalue weighted by atomic mass is 9.85. The lowest BCUT2D eigenvalue weighted by Crippen LogP contribution is -2.51. The molecule has 3 rings (SSSR count). The molecule has 0 saturated carbocycles. The molecule has 1 amide bonds. The second kappa shape index (κ2) is 8.96. The van der Waals surface area contributed by atoms with Crippen molar-refractivity contribution in [3.63, 3.8) is 0 Å². The Kier molecular flexibility index (Phi) is 6.63. The summed E-state index contributed by atoms with van der Waals surface area (Å²) in [7, 11) is -3.82. The SMILES string of the molecule is CC(C)(C#N)c1ccc(-c2ccc(C3=NO[C@@H](C[C@](C)(C(=O)NO)S(C)(=O)=O)C3)cc2)cc1. The zero-order valence-corrected chi connectivity index (χ0v) is 19.8. The van der Waals surface area contributed by atoms with Crippen LogP contribution in [0.4, 0.5) is 0 Å². The molecule has 0 radical (unpaired) electrons. The van der Waals surface area contributed by atoms with Gasteiger partial charge in [-0.1, -0.05) is 53.7 Å². The third kappa shape index (κ3) is 4.92. The van der Waals surface area contributed by atoms with Gasteiger partial charge >= 0.3 is 0 Å². The van der Waals surface area contributed by atoms with Gasteiger partial charge in [-0.15, -0.1) is 0 Å². The van der Waals surface area contributed by atoms with E-state index in [0.29, 0.717) is 12.1 Å². The van der Waals surface area contributed by atoms with Gasteiger partial charge in [0.1, 0.15) is 6.10 Å². The van der Waals surface area contributed by atoms with Gasteiger partial charge in [-0.3, -0.25) is 10.0 Å². The molecule has 2 N–H and O–H groups in total. The predicted molar refractivity (Wildman–Crippen MR) is 124 cm³/mol. The van der Waals surface area contributed by atoms with Crippen LogP contribution in [0.2, 0.25) is 0 Å². The van der Waals surface area contributed by atoms with Gasteiger partial charge in [0, 0.05) is 19.1 Å². The molecule has 33 heavy (non-hydrogen) atoms. The normalized spacial score (nSPS) is 17.9. The number of nitrogens with one attached hydrogen (secondary N) is 1. The minimum atomic E-state index is -3.82. The van der Waals surface area contributed by atoms with Gasteiger partial charge in [-0.2, -0.15) is 5.26 Å². The standard InChI is InChI=1S/C24H27N3O5S/c1-23(2,15-25)19-11-9-17(10-12-19)16-5-7-18(8-6-16)21-13-20(32-27-21)14-24(3,22(28)26-29)33(4,30)31/h5-12,20,29H,13-14H2,1-4H3,(H,26,28)/t20-,24-/m1/s1. The van der Waals surface area contributed by atoms with Crippen LogP contribution in [-0.2, 0) is 24.9 Å². The number of hydroxylamine groups is 1. The summed E-state index contributed by atoms with van der Waals surface area (Å²) >= 11 is 0. The predicted octanol–water partition coefficient (Wildman–Crippen LogP) is 3.35. The zero-order valence-electron chi connectivity index (χ0n) is 19.0. The van der Waals surface area contributed by atoms with E-state index in [9.17, 15) is 18.5 Å². The first kappa shape index (κ1) is 24.4. The summed E-state index contributed by atoms with van der Waals surface area (Å²) in [6.07, 6.45) is 0.522. The van der Waals surface area contributed by atoms with Crippen LogP contribution in [0.25, 0.3) is 11.1 Å². The van der Waals surface area contributed by atoms with Gasteiger partial charge in [-0.25, -0.2) is 13.9 Å². The van der Waals surface area contributed by atoms with Gasteiger partial charge in [0.25, 0.3) is 5.91 Å². The van der Waals surface area contributed by atoms with Crippen LogP contribution in [0, 0.1) is 11.3 Å². The fraction of sp³-hybridized carbons (Fsp3) is 0.375. The number of carbonyl (C=O) groups excluding carboxylic acids is 1. The van der Waals surface area contributed by atoms with Crippen molar-refractivity contribution in [2.24, 2.45) is 5.16 Å². The number of hydrogen-bond acceptors (Lipinski definition) is 7. The molecule has 0 aliphatic carbocycles. The van der Waals surface area contributed by atoms with Crippen LogP contribution in [0.3, 0.4) is 0 Å². The fourth-order valence-electron chi connectivity index (χ4n) is 3.67. The maximum atomic E-state index is 12.2. The number of amides is 1. The monoisotopic (exact) mass is 469 g/mol. The highest BCUT2D eigenvalue weighted by atomic mass is 32.2. The molecule has 0 unspecified atom stereocenters. The lowest BCUT2D eigenvalue weighted by molar-refractivity contribution is -0.132. The number of sulfone groups is 1. The van der Waals surface area contributed by atoms with Crippen LogP contribution in [0.5, 0.6) is 0 Å². The van der Waals surface area contributed by atoms with Gasteiger partial charge in [0.2, 0.25) is 0 Å². The summed E-state index contributed by atoms with van der Waals surface area (Å²) < 4.78 is 22.5. The number of benzene rings is 2. The van der Waals surface area contributed by atoms with Crippen molar-refractivity contribution < 1.29 is 23.3 Å². The maximum Gasteiger partial charge on any atom is 0.264 e. The number of carbonyl (C=O) groups is 1. The van der Waals surface area contributed by atoms with E-state index in [-0.39, 0.29) is 6.42 Å². The average molecular weight is 470 g/mol. The minimum absolute atomic E-state index is 0.144. The summed E-state index contributed by atoms with van der Waals surface area (Å²) in [5, 5.41) is 22.4. The van der Waals surface area contributed by atoms with Crippen LogP contribution in [0.1, 0.15) is 44.7 Å². The van der Waals surface area contributed by atoms with Crippen molar-refractivity contribution >= 4 is 21.5 Å². The highest BCUT2D eigenvalue weighted by Crippen LogP contribution is 2.30. The van der Waals surface area contributed by atoms with E-state index in [4.69, 9.17) is 10.0 Å². The molecule has 174 valence electrons. The fourth-order valence-corrected chi connectivity index (χ4v) is 4.54. The van der Waals surface area contributed by atoms with Crippen molar-refractivity contribution in [2.45, 2.75) is 49.9 Å². The molecule has 2 aromatic rings. The van der Waals surface area contributed by atoms with Crippen molar-refractivity contribution in [1.82, 2.24) is 5.48 Å². The topological polar surface area (TPSA) is 129 Å². The van der Waals surface area contributed by atoms with Crippen molar-refractivity contribution in [3.05, 3.63) is 59.7 Å². The van der Waals surface area contributed by atoms with Crippen molar-refractivity contribution in [1.29, 1.82) is 5.26 Å². The summed E-state index contributed by atoms with van der Waals surface area (Å²) in [4.78, 5) is 17.4. The van der Waals surface area contributed by atoms with Gasteiger partial charge in [-0.05, 0) is 43.0 Å². The Hall–Kier alpha value is -3.22. The number of hydrogen-bond donors (Lipinski definition) is 2. The number of nitrogens with zero attached hydrogens (tertiary/aromatic N) is 2. The molecule has 0 fully saturated rings. The Morgan fingerprint density at radius 2 is 1.64 bits per heavy atom. The molecular weight excluding hydrogens is 442 g/mol. The smallest absolute Gasteiger partial charge is 0.264 e. The van der Waals surface area contributed by atoms with E-state index < -0.39 is 32.0 Å². The van der Waals surface area contributed by atoms with E-state index >= 15 is 0 Å². The molecule has 1 aliphatic heterocycles. The van der Waals surface area contributed by atoms with E-state index in [1.807, 2.05) is 62.4 Å². The quantitative estimate of drug-likeness (QED) is 0.473. The Balaban J connectivity index is 1.71. The van der Waals surface area contributed by atoms with Crippen molar-refractivity contribution in [2.75, 3.05) is 6.26 Å². The van der Waals surface area contributed by atoms with Crippen LogP contribution >= 0.6 is 0 Å². The Morgan fingerprint density at radius 1 is 1.12 bits per heavy atom. The molecule has 0 spiro atoms. The van der Waals surface area contributed by atoms with Gasteiger partial charge in [0.05, 0.1) is 17.2 Å². The van der Waals surface area contributed by atoms with Gasteiger partial charge < -0.3 is 4.84 Å². The number of rotatable bonds is 7. The largest absolute Gasteiger partial charge is 0.392 e. The molecule has 8 nitrogen and oxygen atoms in total. The number of nitriles is 1. The number of oxime groups is 1. The molecule has 0 bridgehead atoms. The van der Waals surface area contributed by atoms with Crippen molar-refractivity contribution in [3.8, 4) is 17.2 Å². The minimum Gasteiger partial charge on any atom is -0.392 e. The summed E-state index contributed by atoms with van der Waals surface area (Å²) in [5.74, 6) is -1.00. The molecule has 2 atom stereocenters. The first-order chi connectivity index (χ1) is 15.4. The van der Waals surface area contributed by atoms with Crippen LogP contribution in [0.15, 0.2) is 53.7 Å². The molecule has 0 aromatic heterocycles. The van der Waals surface area contributed by atoms with Crippen LogP contribution in [-0.4, -0.2) is 42.4 Å². The highest BCUT2D eigenvalue weighted by molar-refractivity contribution is 7.92. The zero-order chi connectivity index (χ0) is 24.4. The molecular formula is C24H27N3O5S. The van der Waals surface area contributed by atoms with E-state index in [2.05, 4.69) is 11.2 Å². The Bertz CT molecular complexity index is 1210. The third-order valence-corrected chi connectivity index (χ3v) is 8.18. The molecule has 0 saturated heterocycles. The molecule has 1 heterocycles. The molecule has 1 aliphatic rings. The third-order valence-electron chi connectivity index (χ3n) is 6.19. The molecule has 2 aromatic carbocycles. The second-order valence-corrected chi connectivity index (χ2v) is 11.5. The van der Waals surface area contributed by atoms with E-state index in [1.165, 1.54) is 12.4 Å². The van der Waals surface area contributed by atoms with E-state index in [0.717, 1.165) is 28.5 Å². The molecule has 9 heteroatoms. The average Bonchev–Trinajstić information content (AvgIpc) is 3.26. The van der Waals surface area contributed by atoms with E-state index in [1.54, 1.807) is 0 Å². The highest BCUT2D eigenvalue weighted by Gasteiger charge is 2.47. The maximum absolute atomic E-state index is 12.2. The summed E-state index contributed by atoms with van der Waals surface area (Å²) in [6.45, 7) is 5.01.